The van der Waals surface area contributed by atoms with Gasteiger partial charge in [-0.25, -0.2) is 4.79 Å². The van der Waals surface area contributed by atoms with Gasteiger partial charge >= 0.3 is 5.97 Å². The van der Waals surface area contributed by atoms with E-state index in [0.29, 0.717) is 0 Å². The van der Waals surface area contributed by atoms with Crippen LogP contribution in [0.4, 0.5) is 0 Å². The number of methoxy groups -OCH3 is 1. The van der Waals surface area contributed by atoms with E-state index in [2.05, 4.69) is 19.2 Å². The van der Waals surface area contributed by atoms with E-state index in [9.17, 15) is 4.79 Å². The summed E-state index contributed by atoms with van der Waals surface area (Å²) in [4.78, 5) is 11.5. The van der Waals surface area contributed by atoms with Crippen LogP contribution in [0.3, 0.4) is 0 Å². The minimum absolute atomic E-state index is 0.179. The smallest absolute Gasteiger partial charge is 0.373 e. The average molecular weight is 279 g/mol. The molecule has 0 spiro atoms. The number of furan rings is 1. The Morgan fingerprint density at radius 2 is 2.10 bits per heavy atom. The minimum atomic E-state index is -0.413. The molecule has 1 aromatic rings. The zero-order valence-corrected chi connectivity index (χ0v) is 12.7. The Morgan fingerprint density at radius 1 is 1.40 bits per heavy atom. The van der Waals surface area contributed by atoms with Gasteiger partial charge in [-0.15, -0.1) is 0 Å². The third kappa shape index (κ3) is 2.75. The zero-order valence-electron chi connectivity index (χ0n) is 12.7. The lowest BCUT2D eigenvalue weighted by Crippen LogP contribution is -2.36. The van der Waals surface area contributed by atoms with E-state index in [0.717, 1.165) is 18.7 Å². The second-order valence-electron chi connectivity index (χ2n) is 5.61. The molecule has 0 radical (unpaired) electrons. The summed E-state index contributed by atoms with van der Waals surface area (Å²) in [7, 11) is 1.37. The molecule has 1 aromatic heterocycles. The molecule has 0 saturated heterocycles. The fraction of sp³-hybridized carbons (Fsp3) is 0.688. The fourth-order valence-corrected chi connectivity index (χ4v) is 3.47. The van der Waals surface area contributed by atoms with Crippen molar-refractivity contribution in [2.45, 2.75) is 52.0 Å². The van der Waals surface area contributed by atoms with Gasteiger partial charge in [0.15, 0.2) is 0 Å². The fourth-order valence-electron chi connectivity index (χ4n) is 3.47. The van der Waals surface area contributed by atoms with Crippen LogP contribution in [0.5, 0.6) is 0 Å². The molecule has 1 atom stereocenters. The number of carbonyl (C=O) groups is 1. The molecule has 1 N–H and O–H groups in total. The first kappa shape index (κ1) is 15.1. The quantitative estimate of drug-likeness (QED) is 0.807. The lowest BCUT2D eigenvalue weighted by atomic mass is 9.75. The number of hydrogen-bond donors (Lipinski definition) is 1. The van der Waals surface area contributed by atoms with Crippen LogP contribution in [-0.2, 0) is 4.74 Å². The molecule has 0 amide bonds. The molecule has 2 rings (SSSR count). The summed E-state index contributed by atoms with van der Waals surface area (Å²) in [5.41, 5.74) is 0.251. The number of carbonyl (C=O) groups excluding carboxylic acids is 1. The van der Waals surface area contributed by atoms with Crippen LogP contribution < -0.4 is 5.32 Å². The second-order valence-corrected chi connectivity index (χ2v) is 5.61. The van der Waals surface area contributed by atoms with Crippen LogP contribution in [0.25, 0.3) is 0 Å². The van der Waals surface area contributed by atoms with Gasteiger partial charge in [-0.3, -0.25) is 0 Å². The Bertz CT molecular complexity index is 446. The Kier molecular flexibility index (Phi) is 4.86. The molecule has 1 saturated carbocycles. The third-order valence-corrected chi connectivity index (χ3v) is 4.62. The van der Waals surface area contributed by atoms with Gasteiger partial charge in [0.05, 0.1) is 13.2 Å². The first-order valence-corrected chi connectivity index (χ1v) is 7.58. The van der Waals surface area contributed by atoms with Crippen molar-refractivity contribution < 1.29 is 13.9 Å². The zero-order chi connectivity index (χ0) is 14.6. The van der Waals surface area contributed by atoms with Crippen LogP contribution >= 0.6 is 0 Å². The van der Waals surface area contributed by atoms with E-state index in [1.54, 1.807) is 6.07 Å². The van der Waals surface area contributed by atoms with Gasteiger partial charge in [-0.1, -0.05) is 26.7 Å². The number of hydrogen-bond acceptors (Lipinski definition) is 4. The van der Waals surface area contributed by atoms with Crippen molar-refractivity contribution >= 4 is 5.97 Å². The van der Waals surface area contributed by atoms with Gasteiger partial charge in [0.1, 0.15) is 5.76 Å². The Morgan fingerprint density at radius 3 is 2.65 bits per heavy atom. The molecule has 1 aliphatic rings. The van der Waals surface area contributed by atoms with Crippen molar-refractivity contribution in [2.75, 3.05) is 13.7 Å². The van der Waals surface area contributed by atoms with Crippen molar-refractivity contribution in [1.82, 2.24) is 5.32 Å². The predicted molar refractivity (Wildman–Crippen MR) is 77.7 cm³/mol. The van der Waals surface area contributed by atoms with Gasteiger partial charge in [0.25, 0.3) is 0 Å². The molecular formula is C16H25NO3. The maximum Gasteiger partial charge on any atom is 0.373 e. The molecule has 4 nitrogen and oxygen atoms in total. The van der Waals surface area contributed by atoms with Gasteiger partial charge < -0.3 is 14.5 Å². The number of rotatable bonds is 6. The molecule has 1 fully saturated rings. The van der Waals surface area contributed by atoms with Crippen molar-refractivity contribution in [3.05, 3.63) is 23.7 Å². The van der Waals surface area contributed by atoms with E-state index >= 15 is 0 Å². The summed E-state index contributed by atoms with van der Waals surface area (Å²) in [6.45, 7) is 5.25. The van der Waals surface area contributed by atoms with Gasteiger partial charge in [0.2, 0.25) is 5.76 Å². The highest BCUT2D eigenvalue weighted by Crippen LogP contribution is 2.50. The lowest BCUT2D eigenvalue weighted by molar-refractivity contribution is 0.0557. The van der Waals surface area contributed by atoms with Crippen LogP contribution in [0.1, 0.15) is 68.3 Å². The van der Waals surface area contributed by atoms with Crippen LogP contribution in [-0.4, -0.2) is 19.6 Å². The summed E-state index contributed by atoms with van der Waals surface area (Å²) >= 11 is 0. The Labute approximate surface area is 120 Å². The Balaban J connectivity index is 2.28. The van der Waals surface area contributed by atoms with E-state index in [1.165, 1.54) is 32.8 Å². The molecule has 112 valence electrons. The van der Waals surface area contributed by atoms with Crippen molar-refractivity contribution in [1.29, 1.82) is 0 Å². The van der Waals surface area contributed by atoms with E-state index < -0.39 is 5.97 Å². The SMILES string of the molecule is CCNC(c1ccc(C(=O)OC)o1)C1(CC)CCCC1. The molecule has 1 heterocycles. The topological polar surface area (TPSA) is 51.5 Å². The maximum atomic E-state index is 11.5. The van der Waals surface area contributed by atoms with Crippen LogP contribution in [0.15, 0.2) is 16.5 Å². The first-order chi connectivity index (χ1) is 9.66. The van der Waals surface area contributed by atoms with Crippen LogP contribution in [0.2, 0.25) is 0 Å². The monoisotopic (exact) mass is 279 g/mol. The largest absolute Gasteiger partial charge is 0.463 e. The highest BCUT2D eigenvalue weighted by Gasteiger charge is 2.41. The van der Waals surface area contributed by atoms with Crippen molar-refractivity contribution in [2.24, 2.45) is 5.41 Å². The molecule has 1 aliphatic carbocycles. The number of esters is 1. The molecule has 0 bridgehead atoms. The Hall–Kier alpha value is -1.29. The summed E-state index contributed by atoms with van der Waals surface area (Å²) in [6, 6.07) is 3.80. The highest BCUT2D eigenvalue weighted by molar-refractivity contribution is 5.86. The molecule has 0 aliphatic heterocycles. The minimum Gasteiger partial charge on any atom is -0.463 e. The predicted octanol–water partition coefficient (Wildman–Crippen LogP) is 3.69. The average Bonchev–Trinajstić information content (AvgIpc) is 3.13. The van der Waals surface area contributed by atoms with E-state index in [-0.39, 0.29) is 17.2 Å². The molecular weight excluding hydrogens is 254 g/mol. The number of ether oxygens (including phenoxy) is 1. The van der Waals surface area contributed by atoms with Gasteiger partial charge in [0, 0.05) is 0 Å². The third-order valence-electron chi connectivity index (χ3n) is 4.62. The summed E-state index contributed by atoms with van der Waals surface area (Å²) in [6.07, 6.45) is 6.12. The van der Waals surface area contributed by atoms with Crippen molar-refractivity contribution in [3.63, 3.8) is 0 Å². The lowest BCUT2D eigenvalue weighted by Gasteiger charge is -2.36. The maximum absolute atomic E-state index is 11.5. The second kappa shape index (κ2) is 6.44. The first-order valence-electron chi connectivity index (χ1n) is 7.58. The molecule has 20 heavy (non-hydrogen) atoms. The highest BCUT2D eigenvalue weighted by atomic mass is 16.5. The molecule has 1 unspecified atom stereocenters. The number of nitrogens with one attached hydrogen (secondary N) is 1. The van der Waals surface area contributed by atoms with Crippen molar-refractivity contribution in [3.8, 4) is 0 Å². The standard InChI is InChI=1S/C16H25NO3/c1-4-16(10-6-7-11-16)14(17-5-2)12-8-9-13(20-12)15(18)19-3/h8-9,14,17H,4-7,10-11H2,1-3H3. The normalized spacial score (nSPS) is 18.9. The van der Waals surface area contributed by atoms with Gasteiger partial charge in [-0.05, 0) is 43.4 Å². The van der Waals surface area contributed by atoms with Gasteiger partial charge in [-0.2, -0.15) is 0 Å². The van der Waals surface area contributed by atoms with Crippen LogP contribution in [0, 0.1) is 5.41 Å². The van der Waals surface area contributed by atoms with E-state index in [1.807, 2.05) is 6.07 Å². The summed E-state index contributed by atoms with van der Waals surface area (Å²) in [5.74, 6) is 0.731. The summed E-state index contributed by atoms with van der Waals surface area (Å²) < 4.78 is 10.5. The molecule has 0 aromatic carbocycles. The molecule has 4 heteroatoms. The van der Waals surface area contributed by atoms with E-state index in [4.69, 9.17) is 9.15 Å². The summed E-state index contributed by atoms with van der Waals surface area (Å²) in [5, 5.41) is 3.56.